The van der Waals surface area contributed by atoms with Gasteiger partial charge >= 0.3 is 0 Å². The van der Waals surface area contributed by atoms with E-state index in [0.29, 0.717) is 10.0 Å². The molecule has 0 saturated carbocycles. The zero-order valence-corrected chi connectivity index (χ0v) is 11.1. The number of nitrogens with two attached hydrogens (primary N) is 1. The predicted octanol–water partition coefficient (Wildman–Crippen LogP) is 4.01. The summed E-state index contributed by atoms with van der Waals surface area (Å²) in [6.45, 7) is 1.99. The fourth-order valence-corrected chi connectivity index (χ4v) is 3.02. The van der Waals surface area contributed by atoms with Gasteiger partial charge < -0.3 is 5.73 Å². The van der Waals surface area contributed by atoms with E-state index in [1.54, 1.807) is 23.5 Å². The highest BCUT2D eigenvalue weighted by Gasteiger charge is 2.18. The maximum Gasteiger partial charge on any atom is 0.129 e. The Balaban J connectivity index is 2.49. The maximum absolute atomic E-state index is 13.7. The first-order valence-corrected chi connectivity index (χ1v) is 6.52. The van der Waals surface area contributed by atoms with Crippen LogP contribution in [0.2, 0.25) is 0 Å². The van der Waals surface area contributed by atoms with E-state index in [1.807, 2.05) is 18.4 Å². The molecule has 0 aliphatic carbocycles. The molecule has 16 heavy (non-hydrogen) atoms. The molecule has 0 fully saturated rings. The van der Waals surface area contributed by atoms with Gasteiger partial charge in [0.1, 0.15) is 5.82 Å². The van der Waals surface area contributed by atoms with Gasteiger partial charge in [-0.15, -0.1) is 11.3 Å². The Morgan fingerprint density at radius 2 is 2.12 bits per heavy atom. The lowest BCUT2D eigenvalue weighted by atomic mass is 10.00. The van der Waals surface area contributed by atoms with Crippen molar-refractivity contribution in [3.63, 3.8) is 0 Å². The second-order valence-corrected chi connectivity index (χ2v) is 5.52. The molecule has 0 radical (unpaired) electrons. The minimum atomic E-state index is -0.415. The molecule has 1 atom stereocenters. The van der Waals surface area contributed by atoms with Crippen LogP contribution in [0.4, 0.5) is 4.39 Å². The van der Waals surface area contributed by atoms with Crippen LogP contribution in [0.25, 0.3) is 0 Å². The molecule has 0 spiro atoms. The van der Waals surface area contributed by atoms with Gasteiger partial charge in [-0.05, 0) is 36.1 Å². The van der Waals surface area contributed by atoms with Crippen molar-refractivity contribution in [1.29, 1.82) is 0 Å². The number of halogens is 2. The first-order valence-electron chi connectivity index (χ1n) is 4.84. The molecule has 84 valence electrons. The SMILES string of the molecule is Cc1sccc1C(N)c1c(F)cccc1Br. The summed E-state index contributed by atoms with van der Waals surface area (Å²) >= 11 is 4.96. The number of thiophene rings is 1. The Hall–Kier alpha value is -0.710. The first kappa shape index (κ1) is 11.8. The van der Waals surface area contributed by atoms with Gasteiger partial charge in [0.15, 0.2) is 0 Å². The number of rotatable bonds is 2. The molecule has 1 heterocycles. The Morgan fingerprint density at radius 1 is 1.38 bits per heavy atom. The van der Waals surface area contributed by atoms with E-state index in [9.17, 15) is 4.39 Å². The molecular weight excluding hydrogens is 289 g/mol. The molecule has 0 aliphatic rings. The van der Waals surface area contributed by atoms with Crippen molar-refractivity contribution < 1.29 is 4.39 Å². The van der Waals surface area contributed by atoms with Crippen LogP contribution >= 0.6 is 27.3 Å². The lowest BCUT2D eigenvalue weighted by molar-refractivity contribution is 0.598. The van der Waals surface area contributed by atoms with E-state index in [1.165, 1.54) is 6.07 Å². The Kier molecular flexibility index (Phi) is 3.42. The minimum Gasteiger partial charge on any atom is -0.320 e. The van der Waals surface area contributed by atoms with Crippen molar-refractivity contribution in [2.24, 2.45) is 5.73 Å². The third kappa shape index (κ3) is 2.05. The van der Waals surface area contributed by atoms with Gasteiger partial charge in [0.05, 0.1) is 6.04 Å². The predicted molar refractivity (Wildman–Crippen MR) is 69.2 cm³/mol. The van der Waals surface area contributed by atoms with E-state index in [-0.39, 0.29) is 5.82 Å². The Labute approximate surface area is 106 Å². The number of hydrogen-bond acceptors (Lipinski definition) is 2. The van der Waals surface area contributed by atoms with Crippen LogP contribution in [-0.4, -0.2) is 0 Å². The van der Waals surface area contributed by atoms with E-state index in [2.05, 4.69) is 15.9 Å². The quantitative estimate of drug-likeness (QED) is 0.891. The van der Waals surface area contributed by atoms with Crippen molar-refractivity contribution in [3.8, 4) is 0 Å². The highest BCUT2D eigenvalue weighted by Crippen LogP contribution is 2.32. The fourth-order valence-electron chi connectivity index (χ4n) is 1.68. The van der Waals surface area contributed by atoms with Crippen molar-refractivity contribution in [3.05, 3.63) is 55.9 Å². The number of aryl methyl sites for hydroxylation is 1. The van der Waals surface area contributed by atoms with Crippen molar-refractivity contribution in [1.82, 2.24) is 0 Å². The van der Waals surface area contributed by atoms with Crippen LogP contribution in [0.5, 0.6) is 0 Å². The second-order valence-electron chi connectivity index (χ2n) is 3.55. The van der Waals surface area contributed by atoms with Crippen molar-refractivity contribution >= 4 is 27.3 Å². The topological polar surface area (TPSA) is 26.0 Å². The summed E-state index contributed by atoms with van der Waals surface area (Å²) in [7, 11) is 0. The molecule has 1 aromatic carbocycles. The molecule has 0 aliphatic heterocycles. The molecule has 0 bridgehead atoms. The maximum atomic E-state index is 13.7. The van der Waals surface area contributed by atoms with Crippen LogP contribution in [0, 0.1) is 12.7 Å². The molecule has 2 N–H and O–H groups in total. The average molecular weight is 300 g/mol. The van der Waals surface area contributed by atoms with Crippen LogP contribution < -0.4 is 5.73 Å². The van der Waals surface area contributed by atoms with E-state index in [4.69, 9.17) is 5.73 Å². The van der Waals surface area contributed by atoms with Gasteiger partial charge in [0, 0.05) is 14.9 Å². The lowest BCUT2D eigenvalue weighted by Crippen LogP contribution is -2.14. The second kappa shape index (κ2) is 4.65. The van der Waals surface area contributed by atoms with Gasteiger partial charge in [-0.1, -0.05) is 22.0 Å². The van der Waals surface area contributed by atoms with Crippen molar-refractivity contribution in [2.75, 3.05) is 0 Å². The fraction of sp³-hybridized carbons (Fsp3) is 0.167. The summed E-state index contributed by atoms with van der Waals surface area (Å²) in [6, 6.07) is 6.43. The Bertz CT molecular complexity index is 489. The zero-order chi connectivity index (χ0) is 11.7. The lowest BCUT2D eigenvalue weighted by Gasteiger charge is -2.14. The van der Waals surface area contributed by atoms with Crippen molar-refractivity contribution in [2.45, 2.75) is 13.0 Å². The highest BCUT2D eigenvalue weighted by molar-refractivity contribution is 9.10. The molecule has 0 amide bonds. The van der Waals surface area contributed by atoms with Gasteiger partial charge in [0.2, 0.25) is 0 Å². The standard InChI is InChI=1S/C12H11BrFNS/c1-7-8(5-6-16-7)12(15)11-9(13)3-2-4-10(11)14/h2-6,12H,15H2,1H3. The highest BCUT2D eigenvalue weighted by atomic mass is 79.9. The summed E-state index contributed by atoms with van der Waals surface area (Å²) in [6.07, 6.45) is 0. The average Bonchev–Trinajstić information content (AvgIpc) is 2.64. The summed E-state index contributed by atoms with van der Waals surface area (Å²) in [5.41, 5.74) is 7.60. The molecular formula is C12H11BrFNS. The first-order chi connectivity index (χ1) is 7.61. The molecule has 2 aromatic rings. The summed E-state index contributed by atoms with van der Waals surface area (Å²) in [5, 5.41) is 1.97. The third-order valence-corrected chi connectivity index (χ3v) is 4.10. The van der Waals surface area contributed by atoms with Gasteiger partial charge in [-0.2, -0.15) is 0 Å². The smallest absolute Gasteiger partial charge is 0.129 e. The van der Waals surface area contributed by atoms with Crippen LogP contribution in [0.15, 0.2) is 34.1 Å². The molecule has 4 heteroatoms. The summed E-state index contributed by atoms with van der Waals surface area (Å²) in [4.78, 5) is 1.13. The van der Waals surface area contributed by atoms with Crippen LogP contribution in [-0.2, 0) is 0 Å². The van der Waals surface area contributed by atoms with E-state index >= 15 is 0 Å². The molecule has 1 aromatic heterocycles. The minimum absolute atomic E-state index is 0.271. The molecule has 1 nitrogen and oxygen atoms in total. The summed E-state index contributed by atoms with van der Waals surface area (Å²) < 4.78 is 14.4. The summed E-state index contributed by atoms with van der Waals surface area (Å²) in [5.74, 6) is -0.271. The number of hydrogen-bond donors (Lipinski definition) is 1. The van der Waals surface area contributed by atoms with Gasteiger partial charge in [-0.3, -0.25) is 0 Å². The van der Waals surface area contributed by atoms with E-state index in [0.717, 1.165) is 10.4 Å². The zero-order valence-electron chi connectivity index (χ0n) is 8.71. The normalized spacial score (nSPS) is 12.8. The Morgan fingerprint density at radius 3 is 2.69 bits per heavy atom. The monoisotopic (exact) mass is 299 g/mol. The molecule has 2 rings (SSSR count). The largest absolute Gasteiger partial charge is 0.320 e. The molecule has 1 unspecified atom stereocenters. The van der Waals surface area contributed by atoms with E-state index < -0.39 is 6.04 Å². The van der Waals surface area contributed by atoms with Crippen LogP contribution in [0.3, 0.4) is 0 Å². The number of benzene rings is 1. The van der Waals surface area contributed by atoms with Gasteiger partial charge in [-0.25, -0.2) is 4.39 Å². The van der Waals surface area contributed by atoms with Crippen LogP contribution in [0.1, 0.15) is 22.0 Å². The molecule has 0 saturated heterocycles. The third-order valence-electron chi connectivity index (χ3n) is 2.54. The van der Waals surface area contributed by atoms with Gasteiger partial charge in [0.25, 0.3) is 0 Å².